The minimum absolute atomic E-state index is 0.0637. The van der Waals surface area contributed by atoms with Gasteiger partial charge in [-0.1, -0.05) is 38.1 Å². The van der Waals surface area contributed by atoms with Crippen molar-refractivity contribution in [3.05, 3.63) is 35.4 Å². The maximum absolute atomic E-state index is 13.2. The first kappa shape index (κ1) is 16.1. The summed E-state index contributed by atoms with van der Waals surface area (Å²) in [5.74, 6) is -0.425. The summed E-state index contributed by atoms with van der Waals surface area (Å²) in [4.78, 5) is 38.5. The molecule has 4 amide bonds. The Hall–Kier alpha value is -2.37. The first-order chi connectivity index (χ1) is 11.8. The molecule has 25 heavy (non-hydrogen) atoms. The summed E-state index contributed by atoms with van der Waals surface area (Å²) in [6, 6.07) is 7.71. The lowest BCUT2D eigenvalue weighted by molar-refractivity contribution is -0.132. The van der Waals surface area contributed by atoms with Crippen molar-refractivity contribution in [3.63, 3.8) is 0 Å². The molecule has 4 rings (SSSR count). The molecule has 1 aliphatic carbocycles. The lowest BCUT2D eigenvalue weighted by atomic mass is 9.68. The Balaban J connectivity index is 1.59. The van der Waals surface area contributed by atoms with Crippen LogP contribution in [0.25, 0.3) is 0 Å². The van der Waals surface area contributed by atoms with E-state index in [9.17, 15) is 14.4 Å². The number of carbonyl (C=O) groups excluding carboxylic acids is 3. The van der Waals surface area contributed by atoms with Crippen LogP contribution in [0.3, 0.4) is 0 Å². The standard InChI is InChI=1S/C19H23N3O3/c1-18(2)8-7-13(12-5-3-4-6-14(12)18)15(23)22-10-9-19(11-22)16(24)20-17(25)21-19/h3-6,13H,7-11H2,1-2H3,(H2,20,21,24,25)/t13-,19+/m0/s1. The molecule has 0 aromatic heterocycles. The number of fused-ring (bicyclic) bond motifs is 1. The molecule has 6 heteroatoms. The lowest BCUT2D eigenvalue weighted by Crippen LogP contribution is -2.50. The van der Waals surface area contributed by atoms with Crippen LogP contribution in [0, 0.1) is 0 Å². The van der Waals surface area contributed by atoms with Crippen molar-refractivity contribution in [1.29, 1.82) is 0 Å². The molecule has 0 unspecified atom stereocenters. The van der Waals surface area contributed by atoms with E-state index in [0.717, 1.165) is 18.4 Å². The van der Waals surface area contributed by atoms with Crippen molar-refractivity contribution in [2.45, 2.75) is 50.0 Å². The first-order valence-electron chi connectivity index (χ1n) is 8.84. The Kier molecular flexibility index (Phi) is 3.42. The predicted molar refractivity (Wildman–Crippen MR) is 92.0 cm³/mol. The highest BCUT2D eigenvalue weighted by molar-refractivity contribution is 6.07. The van der Waals surface area contributed by atoms with Crippen molar-refractivity contribution in [2.24, 2.45) is 0 Å². The fraction of sp³-hybridized carbons (Fsp3) is 0.526. The van der Waals surface area contributed by atoms with E-state index < -0.39 is 11.6 Å². The summed E-state index contributed by atoms with van der Waals surface area (Å²) < 4.78 is 0. The zero-order valence-electron chi connectivity index (χ0n) is 14.6. The van der Waals surface area contributed by atoms with Crippen LogP contribution < -0.4 is 10.6 Å². The van der Waals surface area contributed by atoms with Gasteiger partial charge >= 0.3 is 6.03 Å². The first-order valence-corrected chi connectivity index (χ1v) is 8.84. The minimum atomic E-state index is -0.944. The minimum Gasteiger partial charge on any atom is -0.339 e. The molecular formula is C19H23N3O3. The maximum Gasteiger partial charge on any atom is 0.322 e. The monoisotopic (exact) mass is 341 g/mol. The van der Waals surface area contributed by atoms with Crippen LogP contribution in [0.4, 0.5) is 4.79 Å². The molecule has 1 aromatic rings. The van der Waals surface area contributed by atoms with Gasteiger partial charge in [-0.25, -0.2) is 4.79 Å². The van der Waals surface area contributed by atoms with Gasteiger partial charge in [0, 0.05) is 6.54 Å². The molecule has 0 radical (unpaired) electrons. The van der Waals surface area contributed by atoms with E-state index in [0.29, 0.717) is 13.0 Å². The number of imide groups is 1. The second-order valence-corrected chi connectivity index (χ2v) is 8.06. The average Bonchev–Trinajstić information content (AvgIpc) is 3.11. The zero-order valence-corrected chi connectivity index (χ0v) is 14.6. The van der Waals surface area contributed by atoms with Crippen molar-refractivity contribution < 1.29 is 14.4 Å². The summed E-state index contributed by atoms with van der Waals surface area (Å²) in [6.07, 6.45) is 2.23. The van der Waals surface area contributed by atoms with E-state index in [4.69, 9.17) is 0 Å². The lowest BCUT2D eigenvalue weighted by Gasteiger charge is -2.37. The summed E-state index contributed by atoms with van der Waals surface area (Å²) >= 11 is 0. The molecule has 0 saturated carbocycles. The number of hydrogen-bond donors (Lipinski definition) is 2. The Morgan fingerprint density at radius 1 is 1.20 bits per heavy atom. The summed E-state index contributed by atoms with van der Waals surface area (Å²) in [5.41, 5.74) is 1.46. The van der Waals surface area contributed by atoms with E-state index in [2.05, 4.69) is 36.6 Å². The largest absolute Gasteiger partial charge is 0.339 e. The third-order valence-electron chi connectivity index (χ3n) is 6.02. The third-order valence-corrected chi connectivity index (χ3v) is 6.02. The molecule has 6 nitrogen and oxygen atoms in total. The number of rotatable bonds is 1. The molecule has 1 aromatic carbocycles. The van der Waals surface area contributed by atoms with E-state index in [1.807, 2.05) is 12.1 Å². The number of nitrogens with zero attached hydrogens (tertiary/aromatic N) is 1. The van der Waals surface area contributed by atoms with Crippen LogP contribution in [0.1, 0.15) is 50.2 Å². The number of likely N-dealkylation sites (tertiary alicyclic amines) is 1. The second-order valence-electron chi connectivity index (χ2n) is 8.06. The van der Waals surface area contributed by atoms with Gasteiger partial charge in [0.05, 0.1) is 12.5 Å². The predicted octanol–water partition coefficient (Wildman–Crippen LogP) is 1.65. The summed E-state index contributed by atoms with van der Waals surface area (Å²) in [7, 11) is 0. The topological polar surface area (TPSA) is 78.5 Å². The molecule has 2 N–H and O–H groups in total. The van der Waals surface area contributed by atoms with Crippen LogP contribution in [0.15, 0.2) is 24.3 Å². The van der Waals surface area contributed by atoms with Gasteiger partial charge in [0.25, 0.3) is 5.91 Å². The number of hydrogen-bond acceptors (Lipinski definition) is 3. The van der Waals surface area contributed by atoms with E-state index in [1.54, 1.807) is 4.90 Å². The Labute approximate surface area is 147 Å². The smallest absolute Gasteiger partial charge is 0.322 e. The van der Waals surface area contributed by atoms with Crippen LogP contribution >= 0.6 is 0 Å². The highest BCUT2D eigenvalue weighted by Crippen LogP contribution is 2.43. The summed E-state index contributed by atoms with van der Waals surface area (Å²) in [6.45, 7) is 5.19. The molecule has 0 bridgehead atoms. The quantitative estimate of drug-likeness (QED) is 0.763. The van der Waals surface area contributed by atoms with E-state index in [1.165, 1.54) is 5.56 Å². The zero-order chi connectivity index (χ0) is 17.8. The molecule has 2 fully saturated rings. The van der Waals surface area contributed by atoms with Gasteiger partial charge in [-0.05, 0) is 35.8 Å². The van der Waals surface area contributed by atoms with Crippen molar-refractivity contribution in [1.82, 2.24) is 15.5 Å². The molecule has 2 saturated heterocycles. The van der Waals surface area contributed by atoms with Crippen LogP contribution in [-0.4, -0.2) is 41.4 Å². The Bertz CT molecular complexity index is 773. The van der Waals surface area contributed by atoms with Crippen LogP contribution in [0.5, 0.6) is 0 Å². The van der Waals surface area contributed by atoms with Crippen molar-refractivity contribution in [2.75, 3.05) is 13.1 Å². The molecule has 2 aliphatic heterocycles. The fourth-order valence-electron chi connectivity index (χ4n) is 4.50. The van der Waals surface area contributed by atoms with Crippen LogP contribution in [0.2, 0.25) is 0 Å². The van der Waals surface area contributed by atoms with Gasteiger partial charge < -0.3 is 10.2 Å². The normalized spacial score (nSPS) is 30.2. The van der Waals surface area contributed by atoms with E-state index >= 15 is 0 Å². The van der Waals surface area contributed by atoms with Gasteiger partial charge in [0.1, 0.15) is 5.54 Å². The van der Waals surface area contributed by atoms with Crippen LogP contribution in [-0.2, 0) is 15.0 Å². The molecule has 132 valence electrons. The number of urea groups is 1. The SMILES string of the molecule is CC1(C)CC[C@H](C(=O)N2CC[C@]3(C2)NC(=O)NC3=O)c2ccccc21. The van der Waals surface area contributed by atoms with Gasteiger partial charge in [-0.15, -0.1) is 0 Å². The van der Waals surface area contributed by atoms with Gasteiger partial charge in [0.15, 0.2) is 0 Å². The van der Waals surface area contributed by atoms with Crippen molar-refractivity contribution in [3.8, 4) is 0 Å². The molecule has 2 heterocycles. The number of nitrogens with one attached hydrogen (secondary N) is 2. The molecule has 1 spiro atoms. The van der Waals surface area contributed by atoms with Gasteiger partial charge in [0.2, 0.25) is 5.91 Å². The fourth-order valence-corrected chi connectivity index (χ4v) is 4.50. The second kappa shape index (κ2) is 5.31. The maximum atomic E-state index is 13.2. The molecule has 3 aliphatic rings. The number of benzene rings is 1. The average molecular weight is 341 g/mol. The molecule has 2 atom stereocenters. The van der Waals surface area contributed by atoms with Gasteiger partial charge in [-0.2, -0.15) is 0 Å². The summed E-state index contributed by atoms with van der Waals surface area (Å²) in [5, 5.41) is 4.99. The Morgan fingerprint density at radius 2 is 1.96 bits per heavy atom. The van der Waals surface area contributed by atoms with E-state index in [-0.39, 0.29) is 29.7 Å². The highest BCUT2D eigenvalue weighted by Gasteiger charge is 2.52. The number of amides is 4. The third kappa shape index (κ3) is 2.42. The van der Waals surface area contributed by atoms with Gasteiger partial charge in [-0.3, -0.25) is 14.9 Å². The van der Waals surface area contributed by atoms with Crippen molar-refractivity contribution >= 4 is 17.8 Å². The Morgan fingerprint density at radius 3 is 2.68 bits per heavy atom. The highest BCUT2D eigenvalue weighted by atomic mass is 16.2. The molecular weight excluding hydrogens is 318 g/mol. The number of carbonyl (C=O) groups is 3.